The van der Waals surface area contributed by atoms with Crippen molar-refractivity contribution in [2.24, 2.45) is 11.3 Å². The van der Waals surface area contributed by atoms with Gasteiger partial charge in [0.15, 0.2) is 0 Å². The zero-order valence-electron chi connectivity index (χ0n) is 15.2. The number of nitrogens with one attached hydrogen (secondary N) is 1. The minimum Gasteiger partial charge on any atom is -0.481 e. The number of amides is 2. The summed E-state index contributed by atoms with van der Waals surface area (Å²) in [5.41, 5.74) is 0.324. The molecule has 1 aliphatic heterocycles. The minimum atomic E-state index is -0.772. The van der Waals surface area contributed by atoms with Crippen molar-refractivity contribution in [2.75, 3.05) is 19.6 Å². The van der Waals surface area contributed by atoms with Crippen molar-refractivity contribution in [3.63, 3.8) is 0 Å². The maximum atomic E-state index is 12.6. The van der Waals surface area contributed by atoms with Crippen LogP contribution in [0.5, 0.6) is 0 Å². The van der Waals surface area contributed by atoms with E-state index in [1.807, 2.05) is 30.3 Å². The third kappa shape index (κ3) is 3.70. The van der Waals surface area contributed by atoms with Crippen LogP contribution in [0.1, 0.15) is 44.1 Å². The highest BCUT2D eigenvalue weighted by atomic mass is 16.4. The van der Waals surface area contributed by atoms with Crippen molar-refractivity contribution in [1.82, 2.24) is 10.2 Å². The number of hydrogen-bond acceptors (Lipinski definition) is 3. The number of carbonyl (C=O) groups excluding carboxylic acids is 1. The Balaban J connectivity index is 1.62. The van der Waals surface area contributed by atoms with Gasteiger partial charge >= 0.3 is 12.0 Å². The van der Waals surface area contributed by atoms with E-state index in [-0.39, 0.29) is 17.9 Å². The largest absolute Gasteiger partial charge is 0.481 e. The molecule has 1 aromatic rings. The first-order chi connectivity index (χ1) is 12.4. The van der Waals surface area contributed by atoms with Gasteiger partial charge in [-0.2, -0.15) is 0 Å². The normalized spacial score (nSPS) is 27.0. The molecule has 4 atom stereocenters. The number of aliphatic carboxylic acids is 1. The molecule has 3 N–H and O–H groups in total. The molecule has 1 aliphatic carbocycles. The van der Waals surface area contributed by atoms with Gasteiger partial charge in [0.2, 0.25) is 0 Å². The topological polar surface area (TPSA) is 89.9 Å². The highest BCUT2D eigenvalue weighted by Crippen LogP contribution is 2.48. The first-order valence-corrected chi connectivity index (χ1v) is 9.41. The second kappa shape index (κ2) is 7.66. The number of carboxylic acid groups (broad SMARTS) is 1. The summed E-state index contributed by atoms with van der Waals surface area (Å²) in [5.74, 6) is -0.685. The summed E-state index contributed by atoms with van der Waals surface area (Å²) in [5, 5.41) is 22.4. The first-order valence-electron chi connectivity index (χ1n) is 9.41. The average Bonchev–Trinajstić information content (AvgIpc) is 3.17. The van der Waals surface area contributed by atoms with E-state index in [2.05, 4.69) is 5.32 Å². The quantitative estimate of drug-likeness (QED) is 0.727. The smallest absolute Gasteiger partial charge is 0.317 e. The Morgan fingerprint density at radius 1 is 1.35 bits per heavy atom. The molecule has 2 fully saturated rings. The first kappa shape index (κ1) is 18.7. The van der Waals surface area contributed by atoms with Gasteiger partial charge in [0.1, 0.15) is 0 Å². The van der Waals surface area contributed by atoms with Gasteiger partial charge in [-0.3, -0.25) is 4.79 Å². The maximum Gasteiger partial charge on any atom is 0.317 e. The standard InChI is InChI=1S/C20H28N2O4/c1-14(23)10-16(15-6-3-2-4-7-15)11-21-19(26)22-12-17-8-5-9-20(17,13-22)18(24)25/h2-4,6-7,14,16-17,23H,5,8-13H2,1H3,(H,21,26)(H,24,25)/t14?,16?,17-,20+/m0/s1. The van der Waals surface area contributed by atoms with Crippen molar-refractivity contribution in [3.05, 3.63) is 35.9 Å². The van der Waals surface area contributed by atoms with Crippen LogP contribution in [0.2, 0.25) is 0 Å². The molecular formula is C20H28N2O4. The Hall–Kier alpha value is -2.08. The zero-order chi connectivity index (χ0) is 18.7. The van der Waals surface area contributed by atoms with Gasteiger partial charge in [-0.1, -0.05) is 36.8 Å². The van der Waals surface area contributed by atoms with Gasteiger partial charge < -0.3 is 20.4 Å². The summed E-state index contributed by atoms with van der Waals surface area (Å²) in [6.07, 6.45) is 2.57. The number of rotatable bonds is 6. The molecule has 1 aromatic carbocycles. The lowest BCUT2D eigenvalue weighted by atomic mass is 9.81. The van der Waals surface area contributed by atoms with Crippen molar-refractivity contribution >= 4 is 12.0 Å². The molecule has 0 aromatic heterocycles. The summed E-state index contributed by atoms with van der Waals surface area (Å²) in [6.45, 7) is 2.99. The second-order valence-corrected chi connectivity index (χ2v) is 7.81. The third-order valence-corrected chi connectivity index (χ3v) is 5.98. The highest BCUT2D eigenvalue weighted by Gasteiger charge is 2.55. The van der Waals surface area contributed by atoms with E-state index < -0.39 is 17.5 Å². The van der Waals surface area contributed by atoms with Crippen LogP contribution in [-0.2, 0) is 4.79 Å². The van der Waals surface area contributed by atoms with Crippen LogP contribution in [0, 0.1) is 11.3 Å². The molecule has 0 radical (unpaired) electrons. The van der Waals surface area contributed by atoms with Crippen LogP contribution in [-0.4, -0.2) is 52.9 Å². The lowest BCUT2D eigenvalue weighted by Gasteiger charge is -2.25. The van der Waals surface area contributed by atoms with E-state index in [1.54, 1.807) is 11.8 Å². The summed E-state index contributed by atoms with van der Waals surface area (Å²) >= 11 is 0. The fourth-order valence-electron chi connectivity index (χ4n) is 4.59. The molecule has 0 spiro atoms. The third-order valence-electron chi connectivity index (χ3n) is 5.98. The molecule has 3 rings (SSSR count). The summed E-state index contributed by atoms with van der Waals surface area (Å²) in [6, 6.07) is 9.63. The second-order valence-electron chi connectivity index (χ2n) is 7.81. The number of urea groups is 1. The molecule has 2 unspecified atom stereocenters. The van der Waals surface area contributed by atoms with E-state index in [4.69, 9.17) is 0 Å². The number of hydrogen-bond donors (Lipinski definition) is 3. The van der Waals surface area contributed by atoms with Crippen molar-refractivity contribution < 1.29 is 19.8 Å². The minimum absolute atomic E-state index is 0.0238. The fraction of sp³-hybridized carbons (Fsp3) is 0.600. The van der Waals surface area contributed by atoms with E-state index in [0.717, 1.165) is 18.4 Å². The lowest BCUT2D eigenvalue weighted by molar-refractivity contribution is -0.149. The monoisotopic (exact) mass is 360 g/mol. The number of aliphatic hydroxyl groups excluding tert-OH is 1. The molecule has 6 nitrogen and oxygen atoms in total. The molecular weight excluding hydrogens is 332 g/mol. The average molecular weight is 360 g/mol. The van der Waals surface area contributed by atoms with E-state index in [1.165, 1.54) is 0 Å². The Kier molecular flexibility index (Phi) is 5.51. The van der Waals surface area contributed by atoms with E-state index in [0.29, 0.717) is 32.5 Å². The fourth-order valence-corrected chi connectivity index (χ4v) is 4.59. The number of benzene rings is 1. The molecule has 0 bridgehead atoms. The van der Waals surface area contributed by atoms with Crippen LogP contribution < -0.4 is 5.32 Å². The van der Waals surface area contributed by atoms with Gasteiger partial charge in [0.05, 0.1) is 11.5 Å². The molecule has 1 saturated carbocycles. The number of fused-ring (bicyclic) bond motifs is 1. The van der Waals surface area contributed by atoms with Gasteiger partial charge in [0, 0.05) is 25.6 Å². The number of likely N-dealkylation sites (tertiary alicyclic amines) is 1. The predicted molar refractivity (Wildman–Crippen MR) is 97.9 cm³/mol. The van der Waals surface area contributed by atoms with Crippen LogP contribution >= 0.6 is 0 Å². The number of nitrogens with zero attached hydrogens (tertiary/aromatic N) is 1. The van der Waals surface area contributed by atoms with Crippen LogP contribution in [0.4, 0.5) is 4.79 Å². The van der Waals surface area contributed by atoms with E-state index >= 15 is 0 Å². The predicted octanol–water partition coefficient (Wildman–Crippen LogP) is 2.44. The number of aliphatic hydroxyl groups is 1. The molecule has 142 valence electrons. The van der Waals surface area contributed by atoms with Crippen molar-refractivity contribution in [3.8, 4) is 0 Å². The van der Waals surface area contributed by atoms with Crippen molar-refractivity contribution in [1.29, 1.82) is 0 Å². The summed E-state index contributed by atoms with van der Waals surface area (Å²) < 4.78 is 0. The van der Waals surface area contributed by atoms with E-state index in [9.17, 15) is 19.8 Å². The Morgan fingerprint density at radius 2 is 2.08 bits per heavy atom. The molecule has 2 amide bonds. The molecule has 6 heteroatoms. The molecule has 1 heterocycles. The van der Waals surface area contributed by atoms with Crippen LogP contribution in [0.15, 0.2) is 30.3 Å². The molecule has 26 heavy (non-hydrogen) atoms. The Bertz CT molecular complexity index is 648. The van der Waals surface area contributed by atoms with Gasteiger partial charge in [-0.05, 0) is 37.7 Å². The Morgan fingerprint density at radius 3 is 2.69 bits per heavy atom. The van der Waals surface area contributed by atoms with Crippen LogP contribution in [0.25, 0.3) is 0 Å². The number of carbonyl (C=O) groups is 2. The van der Waals surface area contributed by atoms with Gasteiger partial charge in [0.25, 0.3) is 0 Å². The van der Waals surface area contributed by atoms with Crippen molar-refractivity contribution in [2.45, 2.75) is 44.6 Å². The summed E-state index contributed by atoms with van der Waals surface area (Å²) in [4.78, 5) is 26.0. The zero-order valence-corrected chi connectivity index (χ0v) is 15.2. The van der Waals surface area contributed by atoms with Crippen LogP contribution in [0.3, 0.4) is 0 Å². The lowest BCUT2D eigenvalue weighted by Crippen LogP contribution is -2.43. The number of carboxylic acids is 1. The molecule has 2 aliphatic rings. The Labute approximate surface area is 154 Å². The SMILES string of the molecule is CC(O)CC(CNC(=O)N1C[C@@H]2CCC[C@@]2(C(=O)O)C1)c1ccccc1. The summed E-state index contributed by atoms with van der Waals surface area (Å²) in [7, 11) is 0. The highest BCUT2D eigenvalue weighted by molar-refractivity contribution is 5.80. The van der Waals surface area contributed by atoms with Gasteiger partial charge in [-0.15, -0.1) is 0 Å². The van der Waals surface area contributed by atoms with Gasteiger partial charge in [-0.25, -0.2) is 4.79 Å². The molecule has 1 saturated heterocycles. The maximum absolute atomic E-state index is 12.6.